The van der Waals surface area contributed by atoms with E-state index in [4.69, 9.17) is 22.1 Å². The summed E-state index contributed by atoms with van der Waals surface area (Å²) < 4.78 is 5.57. The fourth-order valence-electron chi connectivity index (χ4n) is 1.07. The normalized spacial score (nSPS) is 15.8. The number of hydrogen-bond donors (Lipinski definition) is 1. The van der Waals surface area contributed by atoms with Crippen LogP contribution in [0.1, 0.15) is 18.5 Å². The van der Waals surface area contributed by atoms with Crippen LogP contribution in [0.2, 0.25) is 5.02 Å². The Morgan fingerprint density at radius 1 is 1.62 bits per heavy atom. The number of nitrogens with two attached hydrogens (primary N) is 1. The molecule has 0 radical (unpaired) electrons. The first kappa shape index (κ1) is 8.78. The van der Waals surface area contributed by atoms with Gasteiger partial charge in [-0.05, 0) is 12.8 Å². The summed E-state index contributed by atoms with van der Waals surface area (Å²) in [5.41, 5.74) is 6.16. The Hall–Kier alpha value is -0.800. The van der Waals surface area contributed by atoms with Crippen LogP contribution in [0, 0.1) is 0 Å². The maximum atomic E-state index is 6.01. The van der Waals surface area contributed by atoms with E-state index in [0.717, 1.165) is 12.8 Å². The molecule has 1 saturated carbocycles. The van der Waals surface area contributed by atoms with E-state index in [9.17, 15) is 0 Å². The number of pyridine rings is 1. The van der Waals surface area contributed by atoms with Crippen molar-refractivity contribution in [2.45, 2.75) is 25.5 Å². The number of nitrogens with zero attached hydrogens (tertiary/aromatic N) is 1. The number of aromatic nitrogens is 1. The summed E-state index contributed by atoms with van der Waals surface area (Å²) in [4.78, 5) is 4.05. The van der Waals surface area contributed by atoms with Gasteiger partial charge in [-0.15, -0.1) is 0 Å². The number of rotatable bonds is 3. The van der Waals surface area contributed by atoms with Crippen LogP contribution >= 0.6 is 11.6 Å². The highest BCUT2D eigenvalue weighted by Gasteiger charge is 2.24. The first-order valence-electron chi connectivity index (χ1n) is 4.31. The van der Waals surface area contributed by atoms with Gasteiger partial charge in [0.05, 0.1) is 11.8 Å². The zero-order valence-electron chi connectivity index (χ0n) is 7.16. The van der Waals surface area contributed by atoms with Gasteiger partial charge in [0.1, 0.15) is 10.8 Å². The monoisotopic (exact) mass is 198 g/mol. The van der Waals surface area contributed by atoms with E-state index < -0.39 is 0 Å². The van der Waals surface area contributed by atoms with E-state index in [1.807, 2.05) is 0 Å². The van der Waals surface area contributed by atoms with Gasteiger partial charge in [0.2, 0.25) is 0 Å². The maximum absolute atomic E-state index is 6.01. The van der Waals surface area contributed by atoms with Gasteiger partial charge >= 0.3 is 0 Å². The second-order valence-corrected chi connectivity index (χ2v) is 3.47. The molecule has 0 aromatic carbocycles. The first-order chi connectivity index (χ1) is 6.31. The average Bonchev–Trinajstić information content (AvgIpc) is 2.92. The van der Waals surface area contributed by atoms with Gasteiger partial charge in [0, 0.05) is 18.8 Å². The van der Waals surface area contributed by atoms with E-state index >= 15 is 0 Å². The van der Waals surface area contributed by atoms with Gasteiger partial charge in [0.25, 0.3) is 0 Å². The van der Waals surface area contributed by atoms with Crippen molar-refractivity contribution < 1.29 is 4.74 Å². The Labute approximate surface area is 81.9 Å². The van der Waals surface area contributed by atoms with Crippen LogP contribution < -0.4 is 10.5 Å². The standard InChI is InChI=1S/C9H11ClN2O/c10-9-7(5-11)12-4-3-8(9)13-6-1-2-6/h3-4,6H,1-2,5,11H2. The Morgan fingerprint density at radius 2 is 2.38 bits per heavy atom. The molecule has 0 saturated heterocycles. The van der Waals surface area contributed by atoms with Gasteiger partial charge in [-0.3, -0.25) is 4.98 Å². The lowest BCUT2D eigenvalue weighted by molar-refractivity contribution is 0.302. The van der Waals surface area contributed by atoms with Crippen LogP contribution in [-0.4, -0.2) is 11.1 Å². The summed E-state index contributed by atoms with van der Waals surface area (Å²) in [5, 5.41) is 0.553. The summed E-state index contributed by atoms with van der Waals surface area (Å²) in [6.45, 7) is 0.348. The van der Waals surface area contributed by atoms with Crippen molar-refractivity contribution in [3.05, 3.63) is 23.0 Å². The predicted molar refractivity (Wildman–Crippen MR) is 50.8 cm³/mol. The zero-order valence-corrected chi connectivity index (χ0v) is 7.92. The lowest BCUT2D eigenvalue weighted by Crippen LogP contribution is -2.03. The van der Waals surface area contributed by atoms with Crippen molar-refractivity contribution in [1.82, 2.24) is 4.98 Å². The van der Waals surface area contributed by atoms with E-state index in [2.05, 4.69) is 4.98 Å². The quantitative estimate of drug-likeness (QED) is 0.805. The second kappa shape index (κ2) is 3.52. The van der Waals surface area contributed by atoms with Crippen LogP contribution in [0.25, 0.3) is 0 Å². The van der Waals surface area contributed by atoms with Crippen molar-refractivity contribution in [2.24, 2.45) is 5.73 Å². The zero-order chi connectivity index (χ0) is 9.26. The smallest absolute Gasteiger partial charge is 0.141 e. The van der Waals surface area contributed by atoms with Gasteiger partial charge < -0.3 is 10.5 Å². The highest BCUT2D eigenvalue weighted by Crippen LogP contribution is 2.32. The SMILES string of the molecule is NCc1nccc(OC2CC2)c1Cl. The summed E-state index contributed by atoms with van der Waals surface area (Å²) >= 11 is 6.01. The van der Waals surface area contributed by atoms with Crippen molar-refractivity contribution in [1.29, 1.82) is 0 Å². The van der Waals surface area contributed by atoms with E-state index in [0.29, 0.717) is 29.1 Å². The van der Waals surface area contributed by atoms with Crippen molar-refractivity contribution in [2.75, 3.05) is 0 Å². The summed E-state index contributed by atoms with van der Waals surface area (Å²) in [6.07, 6.45) is 4.27. The Morgan fingerprint density at radius 3 is 3.00 bits per heavy atom. The van der Waals surface area contributed by atoms with Crippen molar-refractivity contribution >= 4 is 11.6 Å². The van der Waals surface area contributed by atoms with Crippen molar-refractivity contribution in [3.8, 4) is 5.75 Å². The minimum atomic E-state index is 0.348. The molecular weight excluding hydrogens is 188 g/mol. The summed E-state index contributed by atoms with van der Waals surface area (Å²) in [5.74, 6) is 0.708. The number of halogens is 1. The first-order valence-corrected chi connectivity index (χ1v) is 4.69. The maximum Gasteiger partial charge on any atom is 0.141 e. The van der Waals surface area contributed by atoms with Crippen LogP contribution in [0.3, 0.4) is 0 Å². The van der Waals surface area contributed by atoms with E-state index in [1.165, 1.54) is 0 Å². The molecule has 4 heteroatoms. The second-order valence-electron chi connectivity index (χ2n) is 3.09. The molecule has 2 N–H and O–H groups in total. The largest absolute Gasteiger partial charge is 0.489 e. The molecule has 0 unspecified atom stereocenters. The van der Waals surface area contributed by atoms with E-state index in [1.54, 1.807) is 12.3 Å². The van der Waals surface area contributed by atoms with Crippen LogP contribution in [0.4, 0.5) is 0 Å². The topological polar surface area (TPSA) is 48.1 Å². The number of hydrogen-bond acceptors (Lipinski definition) is 3. The van der Waals surface area contributed by atoms with E-state index in [-0.39, 0.29) is 0 Å². The molecule has 0 bridgehead atoms. The third-order valence-corrected chi connectivity index (χ3v) is 2.34. The van der Waals surface area contributed by atoms with Crippen LogP contribution in [-0.2, 0) is 6.54 Å². The van der Waals surface area contributed by atoms with Crippen LogP contribution in [0.5, 0.6) is 5.75 Å². The Kier molecular flexibility index (Phi) is 2.38. The van der Waals surface area contributed by atoms with Gasteiger partial charge in [0.15, 0.2) is 0 Å². The van der Waals surface area contributed by atoms with Gasteiger partial charge in [-0.1, -0.05) is 11.6 Å². The number of ether oxygens (including phenoxy) is 1. The molecular formula is C9H11ClN2O. The van der Waals surface area contributed by atoms with Gasteiger partial charge in [-0.25, -0.2) is 0 Å². The molecule has 1 fully saturated rings. The molecule has 70 valence electrons. The predicted octanol–water partition coefficient (Wildman–Crippen LogP) is 1.73. The molecule has 1 heterocycles. The summed E-state index contributed by atoms with van der Waals surface area (Å²) in [7, 11) is 0. The molecule has 0 aliphatic heterocycles. The third kappa shape index (κ3) is 1.92. The lowest BCUT2D eigenvalue weighted by Gasteiger charge is -2.08. The highest BCUT2D eigenvalue weighted by atomic mass is 35.5. The minimum absolute atomic E-state index is 0.348. The molecule has 0 atom stereocenters. The molecule has 1 aliphatic carbocycles. The molecule has 1 aromatic heterocycles. The van der Waals surface area contributed by atoms with Gasteiger partial charge in [-0.2, -0.15) is 0 Å². The molecule has 1 aliphatic rings. The fourth-order valence-corrected chi connectivity index (χ4v) is 1.30. The molecule has 0 spiro atoms. The minimum Gasteiger partial charge on any atom is -0.489 e. The molecule has 2 rings (SSSR count). The molecule has 13 heavy (non-hydrogen) atoms. The van der Waals surface area contributed by atoms with Crippen LogP contribution in [0.15, 0.2) is 12.3 Å². The molecule has 1 aromatic rings. The highest BCUT2D eigenvalue weighted by molar-refractivity contribution is 6.32. The fraction of sp³-hybridized carbons (Fsp3) is 0.444. The Bertz CT molecular complexity index is 312. The third-order valence-electron chi connectivity index (χ3n) is 1.94. The van der Waals surface area contributed by atoms with Crippen molar-refractivity contribution in [3.63, 3.8) is 0 Å². The summed E-state index contributed by atoms with van der Waals surface area (Å²) in [6, 6.07) is 1.78. The molecule has 3 nitrogen and oxygen atoms in total. The molecule has 0 amide bonds. The lowest BCUT2D eigenvalue weighted by atomic mass is 10.3. The average molecular weight is 199 g/mol. The Balaban J connectivity index is 2.22.